The molecule has 0 radical (unpaired) electrons. The molecular formula is C50H74N10O10S. The van der Waals surface area contributed by atoms with Gasteiger partial charge in [-0.3, -0.25) is 38.4 Å². The molecule has 21 heteroatoms. The highest BCUT2D eigenvalue weighted by atomic mass is 32.2. The zero-order chi connectivity index (χ0) is 52.6. The molecule has 0 saturated heterocycles. The number of hydrogen-bond acceptors (Lipinski definition) is 12. The van der Waals surface area contributed by atoms with E-state index < -0.39 is 102 Å². The monoisotopic (exact) mass is 1010 g/mol. The number of hydrogen-bond donors (Lipinski definition) is 11. The maximum absolute atomic E-state index is 14.2. The average Bonchev–Trinajstić information content (AvgIpc) is 3.85. The lowest BCUT2D eigenvalue weighted by Gasteiger charge is -2.30. The summed E-state index contributed by atoms with van der Waals surface area (Å²) >= 11 is 1.48. The summed E-state index contributed by atoms with van der Waals surface area (Å²) in [5.41, 5.74) is 7.59. The molecule has 8 unspecified atom stereocenters. The van der Waals surface area contributed by atoms with Gasteiger partial charge in [0.15, 0.2) is 0 Å². The number of aromatic hydroxyl groups is 1. The van der Waals surface area contributed by atoms with E-state index in [9.17, 15) is 48.6 Å². The van der Waals surface area contributed by atoms with Gasteiger partial charge in [-0.25, -0.2) is 4.98 Å². The Balaban J connectivity index is 1.80. The number of phenols is 1. The molecule has 2 aromatic carbocycles. The zero-order valence-electron chi connectivity index (χ0n) is 41.8. The van der Waals surface area contributed by atoms with E-state index in [0.29, 0.717) is 24.3 Å². The molecule has 0 saturated carbocycles. The molecule has 12 N–H and O–H groups in total. The van der Waals surface area contributed by atoms with Crippen LogP contribution in [0.25, 0.3) is 0 Å². The summed E-state index contributed by atoms with van der Waals surface area (Å²) in [6, 6.07) is 6.75. The maximum Gasteiger partial charge on any atom is 0.245 e. The quantitative estimate of drug-likeness (QED) is 0.0435. The third-order valence-electron chi connectivity index (χ3n) is 11.7. The molecule has 1 aromatic heterocycles. The van der Waals surface area contributed by atoms with Crippen molar-refractivity contribution >= 4 is 59.0 Å². The number of amides is 8. The van der Waals surface area contributed by atoms with Gasteiger partial charge in [-0.05, 0) is 78.7 Å². The van der Waals surface area contributed by atoms with Gasteiger partial charge in [-0.1, -0.05) is 90.4 Å². The Morgan fingerprint density at radius 3 is 1.72 bits per heavy atom. The highest BCUT2D eigenvalue weighted by Crippen LogP contribution is 2.15. The largest absolute Gasteiger partial charge is 0.508 e. The van der Waals surface area contributed by atoms with Gasteiger partial charge in [0.2, 0.25) is 47.3 Å². The number of carbonyl (C=O) groups is 8. The first-order valence-electron chi connectivity index (χ1n) is 24.0. The molecule has 390 valence electrons. The van der Waals surface area contributed by atoms with E-state index in [4.69, 9.17) is 5.73 Å². The first-order valence-corrected chi connectivity index (χ1v) is 25.4. The van der Waals surface area contributed by atoms with E-state index in [1.165, 1.54) is 36.4 Å². The van der Waals surface area contributed by atoms with Crippen molar-refractivity contribution in [2.45, 2.75) is 135 Å². The zero-order valence-corrected chi connectivity index (χ0v) is 42.6. The second-order valence-electron chi connectivity index (χ2n) is 18.6. The molecular weight excluding hydrogens is 933 g/mol. The minimum Gasteiger partial charge on any atom is -0.508 e. The Hall–Kier alpha value is -6.48. The Morgan fingerprint density at radius 1 is 0.648 bits per heavy atom. The van der Waals surface area contributed by atoms with Crippen molar-refractivity contribution in [3.05, 3.63) is 83.9 Å². The number of aryl methyl sites for hydroxylation is 1. The van der Waals surface area contributed by atoms with Gasteiger partial charge in [0.1, 0.15) is 48.0 Å². The molecule has 0 aliphatic heterocycles. The standard InChI is InChI=1S/C50H74N10O10S/c1-8-31(6)43(50(70)58-39(24-33-12-10-9-11-13-33)46(66)55-36(44(51)64)20-21-71-7)60-48(68)38(23-30(4)5)56-49(69)41(27-61)59-47(67)40(25-34-26-52-28-53-34)57-45(65)37(22-29(2)3)54-42(63)19-16-32-14-17-35(62)18-15-32/h9-15,17-18,26,28-31,36-41,43,61-62H,8,16,19-25,27H2,1-7H3,(H2,51,64)(H,52,53)(H,54,63)(H,55,66)(H,56,69)(H,57,65)(H,58,70)(H,59,67)(H,60,68). The summed E-state index contributed by atoms with van der Waals surface area (Å²) in [5, 5.41) is 38.9. The number of rotatable bonds is 31. The maximum atomic E-state index is 14.2. The molecule has 3 aromatic rings. The Labute approximate surface area is 420 Å². The lowest BCUT2D eigenvalue weighted by Crippen LogP contribution is -2.61. The fourth-order valence-corrected chi connectivity index (χ4v) is 7.97. The molecule has 3 rings (SSSR count). The topological polar surface area (TPSA) is 316 Å². The summed E-state index contributed by atoms with van der Waals surface area (Å²) in [6.45, 7) is 10.0. The van der Waals surface area contributed by atoms with Gasteiger partial charge in [0.25, 0.3) is 0 Å². The van der Waals surface area contributed by atoms with Gasteiger partial charge >= 0.3 is 0 Å². The number of imidazole rings is 1. The number of aromatic nitrogens is 2. The van der Waals surface area contributed by atoms with Crippen LogP contribution in [0.2, 0.25) is 0 Å². The lowest BCUT2D eigenvalue weighted by molar-refractivity contribution is -0.136. The summed E-state index contributed by atoms with van der Waals surface area (Å²) < 4.78 is 0. The average molecular weight is 1010 g/mol. The van der Waals surface area contributed by atoms with Crippen molar-refractivity contribution in [3.8, 4) is 5.75 Å². The number of carbonyl (C=O) groups excluding carboxylic acids is 8. The molecule has 0 aliphatic rings. The van der Waals surface area contributed by atoms with Gasteiger partial charge in [0.05, 0.1) is 12.9 Å². The lowest BCUT2D eigenvalue weighted by atomic mass is 9.95. The van der Waals surface area contributed by atoms with E-state index in [-0.39, 0.29) is 56.1 Å². The second kappa shape index (κ2) is 30.3. The van der Waals surface area contributed by atoms with Crippen molar-refractivity contribution in [1.82, 2.24) is 47.2 Å². The molecule has 8 amide bonds. The molecule has 0 bridgehead atoms. The van der Waals surface area contributed by atoms with Crippen LogP contribution < -0.4 is 43.0 Å². The van der Waals surface area contributed by atoms with Crippen LogP contribution in [-0.4, -0.2) is 128 Å². The predicted molar refractivity (Wildman–Crippen MR) is 270 cm³/mol. The number of nitrogens with two attached hydrogens (primary N) is 1. The molecule has 20 nitrogen and oxygen atoms in total. The molecule has 71 heavy (non-hydrogen) atoms. The third-order valence-corrected chi connectivity index (χ3v) is 12.3. The van der Waals surface area contributed by atoms with Gasteiger partial charge in [-0.2, -0.15) is 11.8 Å². The fourth-order valence-electron chi connectivity index (χ4n) is 7.50. The number of phenolic OH excluding ortho intramolecular Hbond substituents is 1. The summed E-state index contributed by atoms with van der Waals surface area (Å²) in [7, 11) is 0. The van der Waals surface area contributed by atoms with E-state index in [1.54, 1.807) is 49.4 Å². The Morgan fingerprint density at radius 2 is 1.17 bits per heavy atom. The molecule has 0 aliphatic carbocycles. The number of primary amides is 1. The predicted octanol–water partition coefficient (Wildman–Crippen LogP) is 1.30. The summed E-state index contributed by atoms with van der Waals surface area (Å²) in [5.74, 6) is -5.71. The number of aromatic amines is 1. The molecule has 1 heterocycles. The first kappa shape index (κ1) is 58.8. The van der Waals surface area contributed by atoms with Gasteiger partial charge in [-0.15, -0.1) is 0 Å². The minimum absolute atomic E-state index is 0.0449. The van der Waals surface area contributed by atoms with E-state index in [2.05, 4.69) is 47.2 Å². The van der Waals surface area contributed by atoms with Crippen LogP contribution >= 0.6 is 11.8 Å². The molecule has 0 fully saturated rings. The van der Waals surface area contributed by atoms with Crippen molar-refractivity contribution in [3.63, 3.8) is 0 Å². The van der Waals surface area contributed by atoms with Crippen molar-refractivity contribution in [2.75, 3.05) is 18.6 Å². The SMILES string of the molecule is CCC(C)C(NC(=O)C(CC(C)C)NC(=O)C(CO)NC(=O)C(Cc1cnc[nH]1)NC(=O)C(CC(C)C)NC(=O)CCc1ccc(O)cc1)C(=O)NC(Cc1ccccc1)C(=O)NC(CCSC)C(N)=O. The van der Waals surface area contributed by atoms with Crippen LogP contribution in [0.5, 0.6) is 5.75 Å². The highest BCUT2D eigenvalue weighted by molar-refractivity contribution is 7.98. The van der Waals surface area contributed by atoms with Crippen LogP contribution in [0.15, 0.2) is 67.1 Å². The number of benzene rings is 2. The van der Waals surface area contributed by atoms with Crippen molar-refractivity contribution in [1.29, 1.82) is 0 Å². The Kier molecular flexibility index (Phi) is 25.1. The number of H-pyrrole nitrogens is 1. The third kappa shape index (κ3) is 20.8. The number of aliphatic hydroxyl groups excluding tert-OH is 1. The fraction of sp³-hybridized carbons (Fsp3) is 0.540. The van der Waals surface area contributed by atoms with Crippen LogP contribution in [-0.2, 0) is 57.6 Å². The smallest absolute Gasteiger partial charge is 0.245 e. The van der Waals surface area contributed by atoms with Crippen LogP contribution in [0.3, 0.4) is 0 Å². The number of aliphatic hydroxyl groups is 1. The van der Waals surface area contributed by atoms with E-state index >= 15 is 0 Å². The van der Waals surface area contributed by atoms with Crippen molar-refractivity contribution < 1.29 is 48.6 Å². The highest BCUT2D eigenvalue weighted by Gasteiger charge is 2.36. The number of thioether (sulfide) groups is 1. The van der Waals surface area contributed by atoms with Crippen LogP contribution in [0.1, 0.15) is 90.5 Å². The number of nitrogens with one attached hydrogen (secondary N) is 8. The van der Waals surface area contributed by atoms with Crippen molar-refractivity contribution in [2.24, 2.45) is 23.5 Å². The summed E-state index contributed by atoms with van der Waals surface area (Å²) in [4.78, 5) is 116. The Bertz CT molecular complexity index is 2180. The second-order valence-corrected chi connectivity index (χ2v) is 19.5. The van der Waals surface area contributed by atoms with Crippen LogP contribution in [0, 0.1) is 17.8 Å². The molecule has 0 spiro atoms. The first-order chi connectivity index (χ1) is 33.7. The molecule has 8 atom stereocenters. The number of nitrogens with zero attached hydrogens (tertiary/aromatic N) is 1. The van der Waals surface area contributed by atoms with E-state index in [0.717, 1.165) is 11.1 Å². The van der Waals surface area contributed by atoms with Gasteiger partial charge in [0, 0.05) is 31.2 Å². The van der Waals surface area contributed by atoms with Crippen LogP contribution in [0.4, 0.5) is 0 Å². The summed E-state index contributed by atoms with van der Waals surface area (Å²) in [6.07, 6.45) is 6.04. The normalized spacial score (nSPS) is 14.6. The minimum atomic E-state index is -1.61. The van der Waals surface area contributed by atoms with E-state index in [1.807, 2.05) is 40.9 Å². The van der Waals surface area contributed by atoms with Gasteiger partial charge < -0.3 is 58.1 Å².